The maximum absolute atomic E-state index is 12.8. The van der Waals surface area contributed by atoms with Gasteiger partial charge in [-0.25, -0.2) is 4.39 Å². The number of hydrogen-bond donors (Lipinski definition) is 0. The highest BCUT2D eigenvalue weighted by atomic mass is 35.5. The first kappa shape index (κ1) is 11.2. The molecule has 81 valence electrons. The summed E-state index contributed by atoms with van der Waals surface area (Å²) in [6.45, 7) is 2.00. The monoisotopic (exact) mass is 233 g/mol. The van der Waals surface area contributed by atoms with Crippen molar-refractivity contribution in [1.29, 1.82) is 0 Å². The molecule has 0 aromatic heterocycles. The fourth-order valence-corrected chi connectivity index (χ4v) is 1.78. The molecule has 0 atom stereocenters. The Labute approximate surface area is 99.7 Å². The average molecular weight is 234 g/mol. The molecule has 0 spiro atoms. The molecule has 1 radical (unpaired) electrons. The van der Waals surface area contributed by atoms with E-state index >= 15 is 0 Å². The van der Waals surface area contributed by atoms with Crippen LogP contribution in [0, 0.1) is 11.7 Å². The molecule has 0 amide bonds. The third kappa shape index (κ3) is 2.42. The molecule has 0 N–H and O–H groups in total. The van der Waals surface area contributed by atoms with Crippen molar-refractivity contribution in [3.8, 4) is 0 Å². The number of benzene rings is 2. The Balaban J connectivity index is 2.31. The molecule has 0 aliphatic heterocycles. The normalized spacial score (nSPS) is 10.8. The second-order valence-electron chi connectivity index (χ2n) is 3.64. The summed E-state index contributed by atoms with van der Waals surface area (Å²) in [6.07, 6.45) is 0. The highest BCUT2D eigenvalue weighted by molar-refractivity contribution is 6.30. The molecule has 0 heterocycles. The minimum Gasteiger partial charge on any atom is -0.207 e. The molecule has 2 aromatic carbocycles. The fourth-order valence-electron chi connectivity index (χ4n) is 1.59. The minimum atomic E-state index is -0.220. The molecule has 0 fully saturated rings. The Morgan fingerprint density at radius 1 is 1.00 bits per heavy atom. The van der Waals surface area contributed by atoms with Gasteiger partial charge in [0.25, 0.3) is 0 Å². The van der Waals surface area contributed by atoms with Crippen molar-refractivity contribution in [2.75, 3.05) is 0 Å². The summed E-state index contributed by atoms with van der Waals surface area (Å²) >= 11 is 5.93. The highest BCUT2D eigenvalue weighted by Gasteiger charge is 2.09. The van der Waals surface area contributed by atoms with E-state index in [1.165, 1.54) is 12.1 Å². The molecular weight excluding hydrogens is 223 g/mol. The predicted molar refractivity (Wildman–Crippen MR) is 65.0 cm³/mol. The van der Waals surface area contributed by atoms with E-state index in [1.54, 1.807) is 12.1 Å². The standard InChI is InChI=1S/C14H11ClF/c1-10(11-5-7-14(16)8-6-11)12-3-2-4-13(15)9-12/h2-9H,1H3. The lowest BCUT2D eigenvalue weighted by Crippen LogP contribution is -1.96. The van der Waals surface area contributed by atoms with Gasteiger partial charge in [-0.05, 0) is 35.4 Å². The minimum absolute atomic E-state index is 0.220. The SMILES string of the molecule is C[C](c1ccc(F)cc1)c1cccc(Cl)c1. The first-order valence-corrected chi connectivity index (χ1v) is 5.40. The maximum atomic E-state index is 12.8. The molecule has 0 aliphatic carbocycles. The van der Waals surface area contributed by atoms with Gasteiger partial charge >= 0.3 is 0 Å². The third-order valence-corrected chi connectivity index (χ3v) is 2.77. The highest BCUT2D eigenvalue weighted by Crippen LogP contribution is 2.25. The quantitative estimate of drug-likeness (QED) is 0.718. The van der Waals surface area contributed by atoms with E-state index in [0.717, 1.165) is 17.0 Å². The molecule has 16 heavy (non-hydrogen) atoms. The Morgan fingerprint density at radius 2 is 1.69 bits per heavy atom. The summed E-state index contributed by atoms with van der Waals surface area (Å²) in [4.78, 5) is 0. The van der Waals surface area contributed by atoms with Crippen molar-refractivity contribution in [1.82, 2.24) is 0 Å². The summed E-state index contributed by atoms with van der Waals surface area (Å²) in [5, 5.41) is 0.707. The Kier molecular flexibility index (Phi) is 3.25. The van der Waals surface area contributed by atoms with Crippen molar-refractivity contribution < 1.29 is 4.39 Å². The van der Waals surface area contributed by atoms with Gasteiger partial charge in [-0.3, -0.25) is 0 Å². The second-order valence-corrected chi connectivity index (χ2v) is 4.08. The van der Waals surface area contributed by atoms with Gasteiger partial charge in [0.15, 0.2) is 0 Å². The molecule has 2 rings (SSSR count). The van der Waals surface area contributed by atoms with Crippen LogP contribution in [0.25, 0.3) is 0 Å². The molecule has 0 nitrogen and oxygen atoms in total. The topological polar surface area (TPSA) is 0 Å². The van der Waals surface area contributed by atoms with Crippen LogP contribution < -0.4 is 0 Å². The van der Waals surface area contributed by atoms with Crippen molar-refractivity contribution in [2.45, 2.75) is 6.92 Å². The van der Waals surface area contributed by atoms with Crippen molar-refractivity contribution in [3.05, 3.63) is 76.4 Å². The van der Waals surface area contributed by atoms with Crippen LogP contribution in [-0.2, 0) is 0 Å². The van der Waals surface area contributed by atoms with E-state index in [2.05, 4.69) is 0 Å². The molecular formula is C14H11ClF. The Hall–Kier alpha value is -1.34. The van der Waals surface area contributed by atoms with E-state index in [0.29, 0.717) is 5.02 Å². The number of hydrogen-bond acceptors (Lipinski definition) is 0. The van der Waals surface area contributed by atoms with Gasteiger partial charge in [0, 0.05) is 10.9 Å². The van der Waals surface area contributed by atoms with Gasteiger partial charge in [-0.15, -0.1) is 0 Å². The molecule has 0 saturated heterocycles. The fraction of sp³-hybridized carbons (Fsp3) is 0.0714. The van der Waals surface area contributed by atoms with Crippen LogP contribution in [0.4, 0.5) is 4.39 Å². The zero-order valence-corrected chi connectivity index (χ0v) is 9.63. The number of halogens is 2. The zero-order chi connectivity index (χ0) is 11.5. The maximum Gasteiger partial charge on any atom is 0.123 e. The summed E-state index contributed by atoms with van der Waals surface area (Å²) in [5.41, 5.74) is 2.06. The van der Waals surface area contributed by atoms with Gasteiger partial charge in [-0.1, -0.05) is 42.8 Å². The Morgan fingerprint density at radius 3 is 2.31 bits per heavy atom. The lowest BCUT2D eigenvalue weighted by molar-refractivity contribution is 0.627. The first-order valence-electron chi connectivity index (χ1n) is 5.02. The van der Waals surface area contributed by atoms with Crippen LogP contribution in [0.2, 0.25) is 5.02 Å². The Bertz CT molecular complexity index is 476. The van der Waals surface area contributed by atoms with Crippen molar-refractivity contribution in [2.24, 2.45) is 0 Å². The van der Waals surface area contributed by atoms with Crippen LogP contribution in [-0.4, -0.2) is 0 Å². The van der Waals surface area contributed by atoms with E-state index < -0.39 is 0 Å². The second kappa shape index (κ2) is 4.67. The van der Waals surface area contributed by atoms with Crippen molar-refractivity contribution >= 4 is 11.6 Å². The molecule has 0 bridgehead atoms. The van der Waals surface area contributed by atoms with E-state index in [9.17, 15) is 4.39 Å². The molecule has 0 unspecified atom stereocenters. The van der Waals surface area contributed by atoms with Gasteiger partial charge in [-0.2, -0.15) is 0 Å². The lowest BCUT2D eigenvalue weighted by atomic mass is 9.93. The average Bonchev–Trinajstić information content (AvgIpc) is 2.29. The summed E-state index contributed by atoms with van der Waals surface area (Å²) in [5.74, 6) is 0.866. The first-order chi connectivity index (χ1) is 7.66. The third-order valence-electron chi connectivity index (χ3n) is 2.53. The van der Waals surface area contributed by atoms with Gasteiger partial charge in [0.2, 0.25) is 0 Å². The van der Waals surface area contributed by atoms with Gasteiger partial charge < -0.3 is 0 Å². The lowest BCUT2D eigenvalue weighted by Gasteiger charge is -2.11. The van der Waals surface area contributed by atoms with E-state index in [-0.39, 0.29) is 5.82 Å². The molecule has 0 aliphatic rings. The predicted octanol–water partition coefficient (Wildman–Crippen LogP) is 4.47. The smallest absolute Gasteiger partial charge is 0.123 e. The van der Waals surface area contributed by atoms with Crippen LogP contribution in [0.3, 0.4) is 0 Å². The van der Waals surface area contributed by atoms with Crippen LogP contribution in [0.15, 0.2) is 48.5 Å². The summed E-state index contributed by atoms with van der Waals surface area (Å²) in [7, 11) is 0. The van der Waals surface area contributed by atoms with Crippen molar-refractivity contribution in [3.63, 3.8) is 0 Å². The van der Waals surface area contributed by atoms with Crippen LogP contribution >= 0.6 is 11.6 Å². The van der Waals surface area contributed by atoms with Gasteiger partial charge in [0.1, 0.15) is 5.82 Å². The van der Waals surface area contributed by atoms with Crippen LogP contribution in [0.5, 0.6) is 0 Å². The van der Waals surface area contributed by atoms with Crippen LogP contribution in [0.1, 0.15) is 18.1 Å². The molecule has 2 aromatic rings. The summed E-state index contributed by atoms with van der Waals surface area (Å²) < 4.78 is 12.8. The molecule has 2 heteroatoms. The summed E-state index contributed by atoms with van der Waals surface area (Å²) in [6, 6.07) is 14.1. The zero-order valence-electron chi connectivity index (χ0n) is 8.87. The van der Waals surface area contributed by atoms with Gasteiger partial charge in [0.05, 0.1) is 0 Å². The number of rotatable bonds is 2. The van der Waals surface area contributed by atoms with E-state index in [4.69, 9.17) is 11.6 Å². The molecule has 0 saturated carbocycles. The van der Waals surface area contributed by atoms with E-state index in [1.807, 2.05) is 31.2 Å². The largest absolute Gasteiger partial charge is 0.207 e.